The number of aliphatic hydroxyl groups excluding tert-OH is 1. The first-order valence-corrected chi connectivity index (χ1v) is 5.79. The highest BCUT2D eigenvalue weighted by atomic mass is 16.5. The van der Waals surface area contributed by atoms with Crippen molar-refractivity contribution >= 4 is 6.08 Å². The highest BCUT2D eigenvalue weighted by Crippen LogP contribution is 2.33. The topological polar surface area (TPSA) is 29.5 Å². The second-order valence-corrected chi connectivity index (χ2v) is 4.23. The van der Waals surface area contributed by atoms with Crippen molar-refractivity contribution in [2.75, 3.05) is 13.7 Å². The fourth-order valence-electron chi connectivity index (χ4n) is 2.33. The Labute approximate surface area is 96.6 Å². The molecule has 2 rings (SSSR count). The molecule has 1 aromatic rings. The van der Waals surface area contributed by atoms with Gasteiger partial charge in [0.05, 0.1) is 7.11 Å². The van der Waals surface area contributed by atoms with E-state index in [1.807, 2.05) is 18.2 Å². The molecule has 1 N–H and O–H groups in total. The number of ether oxygens (including phenoxy) is 1. The van der Waals surface area contributed by atoms with E-state index in [0.717, 1.165) is 24.2 Å². The Bertz CT molecular complexity index is 382. The van der Waals surface area contributed by atoms with E-state index in [1.54, 1.807) is 7.11 Å². The third-order valence-electron chi connectivity index (χ3n) is 3.24. The Morgan fingerprint density at radius 2 is 2.25 bits per heavy atom. The second-order valence-electron chi connectivity index (χ2n) is 4.23. The molecule has 1 atom stereocenters. The summed E-state index contributed by atoms with van der Waals surface area (Å²) in [5.41, 5.74) is 2.47. The molecular formula is C14H18O2. The number of rotatable bonds is 3. The smallest absolute Gasteiger partial charge is 0.126 e. The monoisotopic (exact) mass is 218 g/mol. The van der Waals surface area contributed by atoms with Crippen molar-refractivity contribution in [3.05, 3.63) is 35.4 Å². The molecule has 2 heteroatoms. The number of para-hydroxylation sites is 1. The van der Waals surface area contributed by atoms with Crippen LogP contribution in [-0.4, -0.2) is 18.8 Å². The van der Waals surface area contributed by atoms with Crippen molar-refractivity contribution in [3.63, 3.8) is 0 Å². The molecule has 1 fully saturated rings. The first-order chi connectivity index (χ1) is 7.85. The maximum absolute atomic E-state index is 9.27. The maximum Gasteiger partial charge on any atom is 0.126 e. The standard InChI is InChI=1S/C14H18O2/c1-16-14-8-3-2-5-12(14)9-11-6-4-7-13(11)10-15/h2-3,5,8-9,13,15H,4,6-7,10H2,1H3/b11-9+. The van der Waals surface area contributed by atoms with Crippen LogP contribution >= 0.6 is 0 Å². The summed E-state index contributed by atoms with van der Waals surface area (Å²) < 4.78 is 5.32. The van der Waals surface area contributed by atoms with Gasteiger partial charge in [0, 0.05) is 18.1 Å². The van der Waals surface area contributed by atoms with Gasteiger partial charge in [-0.25, -0.2) is 0 Å². The van der Waals surface area contributed by atoms with Crippen LogP contribution in [0, 0.1) is 5.92 Å². The zero-order valence-electron chi connectivity index (χ0n) is 9.65. The number of methoxy groups -OCH3 is 1. The van der Waals surface area contributed by atoms with Crippen LogP contribution in [-0.2, 0) is 0 Å². The Morgan fingerprint density at radius 3 is 3.00 bits per heavy atom. The molecule has 0 radical (unpaired) electrons. The van der Waals surface area contributed by atoms with Crippen LogP contribution in [0.1, 0.15) is 24.8 Å². The predicted octanol–water partition coefficient (Wildman–Crippen LogP) is 2.87. The van der Waals surface area contributed by atoms with Gasteiger partial charge in [-0.2, -0.15) is 0 Å². The number of aliphatic hydroxyl groups is 1. The van der Waals surface area contributed by atoms with Gasteiger partial charge in [-0.15, -0.1) is 0 Å². The van der Waals surface area contributed by atoms with Crippen molar-refractivity contribution < 1.29 is 9.84 Å². The average Bonchev–Trinajstić information content (AvgIpc) is 2.77. The van der Waals surface area contributed by atoms with Crippen LogP contribution in [0.3, 0.4) is 0 Å². The Hall–Kier alpha value is -1.28. The van der Waals surface area contributed by atoms with Crippen LogP contribution in [0.4, 0.5) is 0 Å². The van der Waals surface area contributed by atoms with E-state index in [1.165, 1.54) is 12.0 Å². The number of hydrogen-bond acceptors (Lipinski definition) is 2. The van der Waals surface area contributed by atoms with Crippen LogP contribution in [0.5, 0.6) is 5.75 Å². The molecule has 1 unspecified atom stereocenters. The first-order valence-electron chi connectivity index (χ1n) is 5.79. The highest BCUT2D eigenvalue weighted by Gasteiger charge is 2.19. The molecule has 0 amide bonds. The molecule has 0 bridgehead atoms. The predicted molar refractivity (Wildman–Crippen MR) is 65.4 cm³/mol. The van der Waals surface area contributed by atoms with E-state index in [9.17, 15) is 5.11 Å². The molecule has 1 aromatic carbocycles. The lowest BCUT2D eigenvalue weighted by atomic mass is 10.0. The van der Waals surface area contributed by atoms with Crippen molar-refractivity contribution in [2.24, 2.45) is 5.92 Å². The zero-order chi connectivity index (χ0) is 11.4. The lowest BCUT2D eigenvalue weighted by Gasteiger charge is -2.09. The molecule has 0 saturated heterocycles. The van der Waals surface area contributed by atoms with E-state index in [2.05, 4.69) is 12.1 Å². The quantitative estimate of drug-likeness (QED) is 0.845. The van der Waals surface area contributed by atoms with Gasteiger partial charge in [-0.3, -0.25) is 0 Å². The summed E-state index contributed by atoms with van der Waals surface area (Å²) in [6.45, 7) is 0.265. The van der Waals surface area contributed by atoms with Crippen LogP contribution < -0.4 is 4.74 Å². The summed E-state index contributed by atoms with van der Waals surface area (Å²) in [6, 6.07) is 8.00. The van der Waals surface area contributed by atoms with Gasteiger partial charge in [0.15, 0.2) is 0 Å². The zero-order valence-corrected chi connectivity index (χ0v) is 9.65. The van der Waals surface area contributed by atoms with Gasteiger partial charge in [-0.05, 0) is 25.3 Å². The van der Waals surface area contributed by atoms with Gasteiger partial charge in [-0.1, -0.05) is 29.8 Å². The van der Waals surface area contributed by atoms with Crippen molar-refractivity contribution in [1.82, 2.24) is 0 Å². The second kappa shape index (κ2) is 5.17. The van der Waals surface area contributed by atoms with Crippen LogP contribution in [0.2, 0.25) is 0 Å². The van der Waals surface area contributed by atoms with E-state index in [0.29, 0.717) is 5.92 Å². The summed E-state index contributed by atoms with van der Waals surface area (Å²) in [5, 5.41) is 9.27. The summed E-state index contributed by atoms with van der Waals surface area (Å²) in [5.74, 6) is 1.25. The van der Waals surface area contributed by atoms with Gasteiger partial charge >= 0.3 is 0 Å². The molecule has 1 aliphatic carbocycles. The van der Waals surface area contributed by atoms with E-state index >= 15 is 0 Å². The van der Waals surface area contributed by atoms with Gasteiger partial charge < -0.3 is 9.84 Å². The fraction of sp³-hybridized carbons (Fsp3) is 0.429. The molecule has 0 aromatic heterocycles. The van der Waals surface area contributed by atoms with E-state index < -0.39 is 0 Å². The molecule has 86 valence electrons. The number of hydrogen-bond donors (Lipinski definition) is 1. The molecule has 1 saturated carbocycles. The average molecular weight is 218 g/mol. The maximum atomic E-state index is 9.27. The van der Waals surface area contributed by atoms with Crippen molar-refractivity contribution in [3.8, 4) is 5.75 Å². The van der Waals surface area contributed by atoms with Crippen molar-refractivity contribution in [1.29, 1.82) is 0 Å². The minimum absolute atomic E-state index is 0.265. The molecule has 16 heavy (non-hydrogen) atoms. The molecule has 2 nitrogen and oxygen atoms in total. The summed E-state index contributed by atoms with van der Waals surface area (Å²) >= 11 is 0. The van der Waals surface area contributed by atoms with Gasteiger partial charge in [0.25, 0.3) is 0 Å². The lowest BCUT2D eigenvalue weighted by Crippen LogP contribution is -2.02. The normalized spacial score (nSPS) is 22.6. The third kappa shape index (κ3) is 2.27. The first kappa shape index (κ1) is 11.2. The molecular weight excluding hydrogens is 200 g/mol. The third-order valence-corrected chi connectivity index (χ3v) is 3.24. The van der Waals surface area contributed by atoms with E-state index in [4.69, 9.17) is 4.74 Å². The summed E-state index contributed by atoms with van der Waals surface area (Å²) in [7, 11) is 1.69. The molecule has 0 heterocycles. The fourth-order valence-corrected chi connectivity index (χ4v) is 2.33. The Morgan fingerprint density at radius 1 is 1.44 bits per heavy atom. The Balaban J connectivity index is 2.27. The molecule has 0 aliphatic heterocycles. The SMILES string of the molecule is COc1ccccc1/C=C1\CCCC1CO. The Kier molecular flexibility index (Phi) is 3.62. The minimum Gasteiger partial charge on any atom is -0.496 e. The molecule has 1 aliphatic rings. The highest BCUT2D eigenvalue weighted by molar-refractivity contribution is 5.60. The summed E-state index contributed by atoms with van der Waals surface area (Å²) in [6.07, 6.45) is 5.57. The van der Waals surface area contributed by atoms with Gasteiger partial charge in [0.1, 0.15) is 5.75 Å². The summed E-state index contributed by atoms with van der Waals surface area (Å²) in [4.78, 5) is 0. The van der Waals surface area contributed by atoms with Crippen molar-refractivity contribution in [2.45, 2.75) is 19.3 Å². The van der Waals surface area contributed by atoms with Crippen LogP contribution in [0.25, 0.3) is 6.08 Å². The van der Waals surface area contributed by atoms with Gasteiger partial charge in [0.2, 0.25) is 0 Å². The lowest BCUT2D eigenvalue weighted by molar-refractivity contribution is 0.249. The number of benzene rings is 1. The minimum atomic E-state index is 0.265. The molecule has 0 spiro atoms. The largest absolute Gasteiger partial charge is 0.496 e. The van der Waals surface area contributed by atoms with Crippen LogP contribution in [0.15, 0.2) is 29.8 Å². The van der Waals surface area contributed by atoms with E-state index in [-0.39, 0.29) is 6.61 Å².